The number of rotatable bonds is 4. The van der Waals surface area contributed by atoms with Gasteiger partial charge >= 0.3 is 0 Å². The molecule has 1 aromatic heterocycles. The molecule has 3 rings (SSSR count). The fourth-order valence-electron chi connectivity index (χ4n) is 2.83. The number of aryl methyl sites for hydroxylation is 1. The molecule has 1 aromatic carbocycles. The van der Waals surface area contributed by atoms with Gasteiger partial charge in [-0.25, -0.2) is 9.97 Å². The van der Waals surface area contributed by atoms with E-state index in [0.717, 1.165) is 13.1 Å². The molecule has 1 aliphatic rings. The van der Waals surface area contributed by atoms with Crippen molar-refractivity contribution in [2.75, 3.05) is 45.7 Å². The molecule has 0 radical (unpaired) electrons. The quantitative estimate of drug-likeness (QED) is 0.885. The number of aromatic nitrogens is 2. The topological polar surface area (TPSA) is 70.6 Å². The first-order chi connectivity index (χ1) is 12.5. The van der Waals surface area contributed by atoms with Crippen LogP contribution in [0, 0.1) is 6.92 Å². The van der Waals surface area contributed by atoms with Crippen molar-refractivity contribution in [2.24, 2.45) is 0 Å². The minimum absolute atomic E-state index is 0.0790. The number of amides is 1. The van der Waals surface area contributed by atoms with E-state index >= 15 is 0 Å². The number of benzene rings is 1. The fourth-order valence-corrected chi connectivity index (χ4v) is 3.00. The first-order valence-electron chi connectivity index (χ1n) is 8.40. The molecule has 138 valence electrons. The molecule has 0 spiro atoms. The Morgan fingerprint density at radius 3 is 2.62 bits per heavy atom. The van der Waals surface area contributed by atoms with Crippen molar-refractivity contribution in [3.8, 4) is 5.75 Å². The number of halogens is 1. The van der Waals surface area contributed by atoms with Crippen LogP contribution in [0.5, 0.6) is 5.75 Å². The van der Waals surface area contributed by atoms with Crippen molar-refractivity contribution < 1.29 is 9.53 Å². The molecule has 0 bridgehead atoms. The summed E-state index contributed by atoms with van der Waals surface area (Å²) in [7, 11) is 3.64. The van der Waals surface area contributed by atoms with Gasteiger partial charge in [-0.05, 0) is 32.2 Å². The fraction of sp³-hybridized carbons (Fsp3) is 0.389. The summed E-state index contributed by atoms with van der Waals surface area (Å²) < 4.78 is 5.34. The Labute approximate surface area is 157 Å². The van der Waals surface area contributed by atoms with E-state index in [4.69, 9.17) is 16.3 Å². The Morgan fingerprint density at radius 1 is 1.19 bits per heavy atom. The number of carbonyl (C=O) groups excluding carboxylic acids is 1. The van der Waals surface area contributed by atoms with Gasteiger partial charge in [0, 0.05) is 37.3 Å². The molecule has 0 saturated carbocycles. The lowest BCUT2D eigenvalue weighted by molar-refractivity contribution is 0.0658. The molecule has 1 fully saturated rings. The van der Waals surface area contributed by atoms with Crippen LogP contribution in [0.3, 0.4) is 0 Å². The molecular formula is C18H22ClN5O2. The van der Waals surface area contributed by atoms with Crippen molar-refractivity contribution in [3.05, 3.63) is 40.8 Å². The number of anilines is 2. The first-order valence-corrected chi connectivity index (χ1v) is 8.78. The normalized spacial score (nSPS) is 15.0. The first kappa shape index (κ1) is 18.4. The minimum Gasteiger partial charge on any atom is -0.495 e. The van der Waals surface area contributed by atoms with Gasteiger partial charge in [-0.1, -0.05) is 11.6 Å². The van der Waals surface area contributed by atoms with E-state index in [1.165, 1.54) is 0 Å². The van der Waals surface area contributed by atoms with E-state index in [2.05, 4.69) is 27.2 Å². The van der Waals surface area contributed by atoms with Crippen molar-refractivity contribution in [1.29, 1.82) is 0 Å². The highest BCUT2D eigenvalue weighted by atomic mass is 35.5. The molecule has 0 unspecified atom stereocenters. The van der Waals surface area contributed by atoms with Crippen molar-refractivity contribution >= 4 is 29.0 Å². The summed E-state index contributed by atoms with van der Waals surface area (Å²) in [5.41, 5.74) is 1.06. The lowest BCUT2D eigenvalue weighted by Gasteiger charge is -2.32. The lowest BCUT2D eigenvalue weighted by atomic mass is 10.2. The highest BCUT2D eigenvalue weighted by Crippen LogP contribution is 2.30. The van der Waals surface area contributed by atoms with Gasteiger partial charge in [-0.2, -0.15) is 0 Å². The van der Waals surface area contributed by atoms with Crippen LogP contribution in [0.1, 0.15) is 16.3 Å². The molecule has 2 heterocycles. The van der Waals surface area contributed by atoms with Crippen molar-refractivity contribution in [2.45, 2.75) is 6.92 Å². The predicted octanol–water partition coefficient (Wildman–Crippen LogP) is 2.58. The van der Waals surface area contributed by atoms with Gasteiger partial charge in [0.1, 0.15) is 23.1 Å². The summed E-state index contributed by atoms with van der Waals surface area (Å²) in [5.74, 6) is 1.60. The van der Waals surface area contributed by atoms with Gasteiger partial charge in [-0.15, -0.1) is 0 Å². The lowest BCUT2D eigenvalue weighted by Crippen LogP contribution is -2.47. The number of ether oxygens (including phenoxy) is 1. The van der Waals surface area contributed by atoms with Crippen molar-refractivity contribution in [3.63, 3.8) is 0 Å². The Morgan fingerprint density at radius 2 is 1.92 bits per heavy atom. The Kier molecular flexibility index (Phi) is 5.58. The molecular weight excluding hydrogens is 354 g/mol. The van der Waals surface area contributed by atoms with E-state index in [0.29, 0.717) is 46.9 Å². The predicted molar refractivity (Wildman–Crippen MR) is 101 cm³/mol. The molecule has 1 aliphatic heterocycles. The maximum absolute atomic E-state index is 12.8. The number of nitrogens with zero attached hydrogens (tertiary/aromatic N) is 4. The zero-order valence-corrected chi connectivity index (χ0v) is 15.9. The van der Waals surface area contributed by atoms with Crippen LogP contribution in [0.4, 0.5) is 11.5 Å². The number of likely N-dealkylation sites (N-methyl/N-ethyl adjacent to an activating group) is 1. The van der Waals surface area contributed by atoms with Crippen LogP contribution in [0.15, 0.2) is 24.3 Å². The van der Waals surface area contributed by atoms with Crippen LogP contribution in [0.25, 0.3) is 0 Å². The van der Waals surface area contributed by atoms with E-state index in [-0.39, 0.29) is 5.91 Å². The highest BCUT2D eigenvalue weighted by Gasteiger charge is 2.22. The summed E-state index contributed by atoms with van der Waals surface area (Å²) in [4.78, 5) is 25.5. The van der Waals surface area contributed by atoms with E-state index in [1.54, 1.807) is 38.3 Å². The molecule has 8 heteroatoms. The number of hydrogen-bond donors (Lipinski definition) is 1. The highest BCUT2D eigenvalue weighted by molar-refractivity contribution is 6.31. The largest absolute Gasteiger partial charge is 0.495 e. The molecule has 0 atom stereocenters. The van der Waals surface area contributed by atoms with E-state index in [1.807, 2.05) is 4.90 Å². The van der Waals surface area contributed by atoms with Gasteiger partial charge in [-0.3, -0.25) is 4.79 Å². The standard InChI is InChI=1S/C18H22ClN5O2/c1-12-20-15(18(25)24-8-6-23(2)7-9-24)11-17(21-12)22-14-10-13(19)4-5-16(14)26-3/h4-5,10-11H,6-9H2,1-3H3,(H,20,21,22). The van der Waals surface area contributed by atoms with Crippen molar-refractivity contribution in [1.82, 2.24) is 19.8 Å². The Bertz CT molecular complexity index is 806. The molecule has 26 heavy (non-hydrogen) atoms. The maximum atomic E-state index is 12.8. The molecule has 2 aromatic rings. The Hall–Kier alpha value is -2.38. The smallest absolute Gasteiger partial charge is 0.272 e. The average Bonchev–Trinajstić information content (AvgIpc) is 2.61. The Balaban J connectivity index is 1.84. The number of piperazine rings is 1. The van der Waals surface area contributed by atoms with Crippen LogP contribution in [-0.4, -0.2) is 66.0 Å². The van der Waals surface area contributed by atoms with Gasteiger partial charge in [0.2, 0.25) is 0 Å². The van der Waals surface area contributed by atoms with Gasteiger partial charge in [0.05, 0.1) is 12.8 Å². The molecule has 1 N–H and O–H groups in total. The van der Waals surface area contributed by atoms with Gasteiger partial charge in [0.25, 0.3) is 5.91 Å². The average molecular weight is 376 g/mol. The second kappa shape index (κ2) is 7.88. The van der Waals surface area contributed by atoms with Gasteiger partial charge < -0.3 is 19.9 Å². The third-order valence-corrected chi connectivity index (χ3v) is 4.51. The zero-order valence-electron chi connectivity index (χ0n) is 15.1. The number of carbonyl (C=O) groups is 1. The number of hydrogen-bond acceptors (Lipinski definition) is 6. The summed E-state index contributed by atoms with van der Waals surface area (Å²) in [6.45, 7) is 4.88. The maximum Gasteiger partial charge on any atom is 0.272 e. The zero-order chi connectivity index (χ0) is 18.7. The third kappa shape index (κ3) is 4.23. The second-order valence-corrected chi connectivity index (χ2v) is 6.69. The summed E-state index contributed by atoms with van der Waals surface area (Å²) >= 11 is 6.07. The SMILES string of the molecule is COc1ccc(Cl)cc1Nc1cc(C(=O)N2CCN(C)CC2)nc(C)n1. The van der Waals surface area contributed by atoms with Gasteiger partial charge in [0.15, 0.2) is 0 Å². The van der Waals surface area contributed by atoms with Crippen LogP contribution < -0.4 is 10.1 Å². The van der Waals surface area contributed by atoms with E-state index in [9.17, 15) is 4.79 Å². The van der Waals surface area contributed by atoms with E-state index < -0.39 is 0 Å². The monoisotopic (exact) mass is 375 g/mol. The molecule has 1 amide bonds. The second-order valence-electron chi connectivity index (χ2n) is 6.25. The molecule has 0 aliphatic carbocycles. The van der Waals surface area contributed by atoms with Crippen LogP contribution in [-0.2, 0) is 0 Å². The van der Waals surface area contributed by atoms with Crippen LogP contribution in [0.2, 0.25) is 5.02 Å². The van der Waals surface area contributed by atoms with Crippen LogP contribution >= 0.6 is 11.6 Å². The summed E-state index contributed by atoms with van der Waals surface area (Å²) in [6, 6.07) is 6.93. The molecule has 1 saturated heterocycles. The number of nitrogens with one attached hydrogen (secondary N) is 1. The molecule has 7 nitrogen and oxygen atoms in total. The number of methoxy groups -OCH3 is 1. The minimum atomic E-state index is -0.0790. The summed E-state index contributed by atoms with van der Waals surface area (Å²) in [5, 5.41) is 3.75. The third-order valence-electron chi connectivity index (χ3n) is 4.27. The summed E-state index contributed by atoms with van der Waals surface area (Å²) in [6.07, 6.45) is 0.